The largest absolute Gasteiger partial charge is 0.347 e. The van der Waals surface area contributed by atoms with Crippen molar-refractivity contribution in [3.8, 4) is 0 Å². The molecule has 2 rings (SSSR count). The monoisotopic (exact) mass is 260 g/mol. The van der Waals surface area contributed by atoms with Crippen LogP contribution >= 0.6 is 0 Å². The van der Waals surface area contributed by atoms with Gasteiger partial charge >= 0.3 is 0 Å². The van der Waals surface area contributed by atoms with Crippen LogP contribution in [0.15, 0.2) is 6.07 Å². The summed E-state index contributed by atoms with van der Waals surface area (Å²) >= 11 is 0. The summed E-state index contributed by atoms with van der Waals surface area (Å²) in [5.74, 6) is -0.0842. The summed E-state index contributed by atoms with van der Waals surface area (Å²) in [7, 11) is 1.84. The molecule has 0 saturated heterocycles. The molecule has 1 amide bonds. The maximum absolute atomic E-state index is 12.4. The third-order valence-electron chi connectivity index (χ3n) is 2.83. The summed E-state index contributed by atoms with van der Waals surface area (Å²) in [4.78, 5) is 16.9. The molecule has 2 aromatic rings. The first-order valence-electron chi connectivity index (χ1n) is 6.32. The molecule has 102 valence electrons. The molecule has 5 nitrogen and oxygen atoms in total. The Labute approximate surface area is 113 Å². The van der Waals surface area contributed by atoms with Gasteiger partial charge in [0.15, 0.2) is 5.65 Å². The second kappa shape index (κ2) is 4.33. The van der Waals surface area contributed by atoms with Crippen molar-refractivity contribution in [2.24, 2.45) is 7.05 Å². The van der Waals surface area contributed by atoms with Crippen molar-refractivity contribution in [1.29, 1.82) is 0 Å². The lowest BCUT2D eigenvalue weighted by Gasteiger charge is -2.21. The number of aryl methyl sites for hydroxylation is 3. The number of nitrogens with zero attached hydrogens (tertiary/aromatic N) is 3. The van der Waals surface area contributed by atoms with Crippen LogP contribution in [-0.2, 0) is 7.05 Å². The zero-order valence-corrected chi connectivity index (χ0v) is 12.3. The van der Waals surface area contributed by atoms with Crippen LogP contribution in [-0.4, -0.2) is 26.2 Å². The number of amides is 1. The summed E-state index contributed by atoms with van der Waals surface area (Å²) in [6.45, 7) is 9.67. The number of rotatable bonds is 1. The number of fused-ring (bicyclic) bond motifs is 1. The van der Waals surface area contributed by atoms with E-state index in [1.54, 1.807) is 4.68 Å². The molecule has 0 aliphatic carbocycles. The van der Waals surface area contributed by atoms with E-state index in [0.717, 1.165) is 22.4 Å². The fourth-order valence-electron chi connectivity index (χ4n) is 2.16. The summed E-state index contributed by atoms with van der Waals surface area (Å²) in [6.07, 6.45) is 0. The van der Waals surface area contributed by atoms with Crippen LogP contribution in [0.4, 0.5) is 0 Å². The molecule has 1 N–H and O–H groups in total. The molecular weight excluding hydrogens is 240 g/mol. The van der Waals surface area contributed by atoms with Gasteiger partial charge in [0.1, 0.15) is 0 Å². The fraction of sp³-hybridized carbons (Fsp3) is 0.500. The predicted molar refractivity (Wildman–Crippen MR) is 75.2 cm³/mol. The van der Waals surface area contributed by atoms with Crippen molar-refractivity contribution in [1.82, 2.24) is 20.1 Å². The van der Waals surface area contributed by atoms with Crippen LogP contribution in [0.1, 0.15) is 42.5 Å². The van der Waals surface area contributed by atoms with E-state index in [9.17, 15) is 4.79 Å². The van der Waals surface area contributed by atoms with Crippen LogP contribution in [0, 0.1) is 13.8 Å². The standard InChI is InChI=1S/C14H20N4O/c1-8-7-10(13(19)16-14(3,4)5)11-9(2)17-18(6)12(11)15-8/h7H,1-6H3,(H,16,19). The highest BCUT2D eigenvalue weighted by atomic mass is 16.1. The molecule has 0 unspecified atom stereocenters. The molecule has 5 heteroatoms. The Morgan fingerprint density at radius 1 is 1.32 bits per heavy atom. The number of carbonyl (C=O) groups is 1. The second-order valence-electron chi connectivity index (χ2n) is 5.92. The van der Waals surface area contributed by atoms with Crippen LogP contribution in [0.3, 0.4) is 0 Å². The number of nitrogens with one attached hydrogen (secondary N) is 1. The minimum absolute atomic E-state index is 0.0842. The lowest BCUT2D eigenvalue weighted by atomic mass is 10.1. The van der Waals surface area contributed by atoms with Gasteiger partial charge in [0.05, 0.1) is 16.6 Å². The zero-order chi connectivity index (χ0) is 14.4. The number of hydrogen-bond acceptors (Lipinski definition) is 3. The van der Waals surface area contributed by atoms with Crippen LogP contribution in [0.2, 0.25) is 0 Å². The smallest absolute Gasteiger partial charge is 0.252 e. The lowest BCUT2D eigenvalue weighted by molar-refractivity contribution is 0.0921. The number of carbonyl (C=O) groups excluding carboxylic acids is 1. The Morgan fingerprint density at radius 2 is 1.95 bits per heavy atom. The summed E-state index contributed by atoms with van der Waals surface area (Å²) in [5.41, 5.74) is 2.76. The summed E-state index contributed by atoms with van der Waals surface area (Å²) < 4.78 is 1.71. The first kappa shape index (κ1) is 13.5. The van der Waals surface area contributed by atoms with E-state index < -0.39 is 0 Å². The van der Waals surface area contributed by atoms with E-state index in [2.05, 4.69) is 15.4 Å². The molecule has 0 spiro atoms. The Balaban J connectivity index is 2.63. The Kier molecular flexibility index (Phi) is 3.08. The average Bonchev–Trinajstić information content (AvgIpc) is 2.51. The quantitative estimate of drug-likeness (QED) is 0.854. The minimum atomic E-state index is -0.267. The van der Waals surface area contributed by atoms with E-state index in [1.807, 2.05) is 47.7 Å². The molecule has 2 heterocycles. The minimum Gasteiger partial charge on any atom is -0.347 e. The lowest BCUT2D eigenvalue weighted by Crippen LogP contribution is -2.40. The highest BCUT2D eigenvalue weighted by Gasteiger charge is 2.21. The third kappa shape index (κ3) is 2.59. The first-order valence-corrected chi connectivity index (χ1v) is 6.32. The normalized spacial score (nSPS) is 11.9. The van der Waals surface area contributed by atoms with Crippen molar-refractivity contribution >= 4 is 16.9 Å². The maximum atomic E-state index is 12.4. The number of aromatic nitrogens is 3. The fourth-order valence-corrected chi connectivity index (χ4v) is 2.16. The number of pyridine rings is 1. The van der Waals surface area contributed by atoms with E-state index in [0.29, 0.717) is 5.56 Å². The maximum Gasteiger partial charge on any atom is 0.252 e. The van der Waals surface area contributed by atoms with E-state index in [-0.39, 0.29) is 11.4 Å². The molecule has 2 aromatic heterocycles. The summed E-state index contributed by atoms with van der Waals surface area (Å²) in [5, 5.41) is 8.16. The molecule has 0 aliphatic rings. The van der Waals surface area contributed by atoms with Crippen LogP contribution in [0.5, 0.6) is 0 Å². The topological polar surface area (TPSA) is 59.8 Å². The van der Waals surface area contributed by atoms with Gasteiger partial charge < -0.3 is 5.32 Å². The summed E-state index contributed by atoms with van der Waals surface area (Å²) in [6, 6.07) is 1.82. The van der Waals surface area contributed by atoms with Gasteiger partial charge in [-0.05, 0) is 40.7 Å². The van der Waals surface area contributed by atoms with Crippen molar-refractivity contribution in [2.75, 3.05) is 0 Å². The van der Waals surface area contributed by atoms with Crippen molar-refractivity contribution in [3.05, 3.63) is 23.0 Å². The van der Waals surface area contributed by atoms with Gasteiger partial charge in [-0.1, -0.05) is 0 Å². The van der Waals surface area contributed by atoms with E-state index in [4.69, 9.17) is 0 Å². The zero-order valence-electron chi connectivity index (χ0n) is 12.3. The molecule has 0 atom stereocenters. The molecule has 0 aliphatic heterocycles. The van der Waals surface area contributed by atoms with Gasteiger partial charge in [0, 0.05) is 18.3 Å². The molecule has 0 radical (unpaired) electrons. The molecule has 0 saturated carbocycles. The van der Waals surface area contributed by atoms with Crippen molar-refractivity contribution < 1.29 is 4.79 Å². The average molecular weight is 260 g/mol. The van der Waals surface area contributed by atoms with Gasteiger partial charge in [-0.15, -0.1) is 0 Å². The molecule has 0 aromatic carbocycles. The Bertz CT molecular complexity index is 649. The van der Waals surface area contributed by atoms with Gasteiger partial charge in [-0.25, -0.2) is 4.98 Å². The first-order chi connectivity index (χ1) is 8.69. The Hall–Kier alpha value is -1.91. The number of hydrogen-bond donors (Lipinski definition) is 1. The predicted octanol–water partition coefficient (Wildman–Crippen LogP) is 2.11. The molecule has 0 fully saturated rings. The highest BCUT2D eigenvalue weighted by molar-refractivity contribution is 6.06. The van der Waals surface area contributed by atoms with Gasteiger partial charge in [-0.3, -0.25) is 9.48 Å². The van der Waals surface area contributed by atoms with Crippen LogP contribution in [0.25, 0.3) is 11.0 Å². The molecular formula is C14H20N4O. The molecule has 0 bridgehead atoms. The van der Waals surface area contributed by atoms with E-state index in [1.165, 1.54) is 0 Å². The highest BCUT2D eigenvalue weighted by Crippen LogP contribution is 2.22. The van der Waals surface area contributed by atoms with Crippen molar-refractivity contribution in [2.45, 2.75) is 40.2 Å². The third-order valence-corrected chi connectivity index (χ3v) is 2.83. The SMILES string of the molecule is Cc1cc(C(=O)NC(C)(C)C)c2c(C)nn(C)c2n1. The van der Waals surface area contributed by atoms with Crippen molar-refractivity contribution in [3.63, 3.8) is 0 Å². The van der Waals surface area contributed by atoms with Gasteiger partial charge in [0.25, 0.3) is 5.91 Å². The second-order valence-corrected chi connectivity index (χ2v) is 5.92. The Morgan fingerprint density at radius 3 is 2.53 bits per heavy atom. The van der Waals surface area contributed by atoms with Gasteiger partial charge in [-0.2, -0.15) is 5.10 Å². The van der Waals surface area contributed by atoms with Gasteiger partial charge in [0.2, 0.25) is 0 Å². The van der Waals surface area contributed by atoms with E-state index >= 15 is 0 Å². The molecule has 19 heavy (non-hydrogen) atoms. The van der Waals surface area contributed by atoms with Crippen LogP contribution < -0.4 is 5.32 Å².